The number of nitrogens with zero attached hydrogens (tertiary/aromatic N) is 2. The third kappa shape index (κ3) is 4.14. The minimum absolute atomic E-state index is 0.0455. The molecule has 1 aliphatic heterocycles. The van der Waals surface area contributed by atoms with E-state index in [1.165, 1.54) is 9.09 Å². The average molecular weight is 328 g/mol. The van der Waals surface area contributed by atoms with E-state index >= 15 is 0 Å². The number of anilines is 1. The predicted octanol–water partition coefficient (Wildman–Crippen LogP) is 3.27. The van der Waals surface area contributed by atoms with E-state index < -0.39 is 0 Å². The normalized spacial score (nSPS) is 14.4. The molecule has 0 aromatic carbocycles. The van der Waals surface area contributed by atoms with Crippen molar-refractivity contribution in [1.29, 1.82) is 0 Å². The molecule has 0 saturated carbocycles. The molecule has 0 saturated heterocycles. The SMILES string of the molecule is CCc1cc2c(s1)SCCN2C(=O)NCCN(CC)CC. The number of rotatable bonds is 6. The summed E-state index contributed by atoms with van der Waals surface area (Å²) in [7, 11) is 0. The average Bonchev–Trinajstić information content (AvgIpc) is 2.94. The summed E-state index contributed by atoms with van der Waals surface area (Å²) in [4.78, 5) is 18.0. The molecule has 118 valence electrons. The van der Waals surface area contributed by atoms with Gasteiger partial charge >= 0.3 is 6.03 Å². The highest BCUT2D eigenvalue weighted by Crippen LogP contribution is 2.41. The Kier molecular flexibility index (Phi) is 6.39. The first-order chi connectivity index (χ1) is 10.2. The zero-order valence-corrected chi connectivity index (χ0v) is 14.8. The van der Waals surface area contributed by atoms with Crippen LogP contribution in [0.25, 0.3) is 0 Å². The number of amides is 2. The molecule has 0 radical (unpaired) electrons. The number of aryl methyl sites for hydroxylation is 1. The number of nitrogens with one attached hydrogen (secondary N) is 1. The van der Waals surface area contributed by atoms with E-state index in [0.717, 1.165) is 44.0 Å². The zero-order valence-electron chi connectivity index (χ0n) is 13.1. The third-order valence-corrected chi connectivity index (χ3v) is 6.29. The standard InChI is InChI=1S/C15H25N3OS2/c1-4-12-11-13-14(21-12)20-10-9-18(13)15(19)16-7-8-17(5-2)6-3/h11H,4-10H2,1-3H3,(H,16,19). The van der Waals surface area contributed by atoms with Crippen LogP contribution in [0.15, 0.2) is 10.3 Å². The summed E-state index contributed by atoms with van der Waals surface area (Å²) >= 11 is 3.70. The Morgan fingerprint density at radius 1 is 1.38 bits per heavy atom. The molecule has 0 fully saturated rings. The molecule has 2 heterocycles. The number of thiophene rings is 1. The lowest BCUT2D eigenvalue weighted by Gasteiger charge is -2.27. The molecule has 0 aliphatic carbocycles. The largest absolute Gasteiger partial charge is 0.336 e. The molecule has 6 heteroatoms. The van der Waals surface area contributed by atoms with E-state index in [1.54, 1.807) is 0 Å². The predicted molar refractivity (Wildman–Crippen MR) is 93.0 cm³/mol. The van der Waals surface area contributed by atoms with Gasteiger partial charge in [-0.05, 0) is 25.6 Å². The monoisotopic (exact) mass is 327 g/mol. The molecule has 0 bridgehead atoms. The maximum atomic E-state index is 12.4. The molecular formula is C15H25N3OS2. The second-order valence-electron chi connectivity index (χ2n) is 5.00. The Hall–Kier alpha value is -0.720. The minimum Gasteiger partial charge on any atom is -0.336 e. The number of hydrogen-bond acceptors (Lipinski definition) is 4. The van der Waals surface area contributed by atoms with Crippen molar-refractivity contribution >= 4 is 34.8 Å². The van der Waals surface area contributed by atoms with Gasteiger partial charge in [0, 0.05) is 30.3 Å². The fraction of sp³-hybridized carbons (Fsp3) is 0.667. The Balaban J connectivity index is 1.93. The van der Waals surface area contributed by atoms with Gasteiger partial charge in [0.15, 0.2) is 0 Å². The van der Waals surface area contributed by atoms with Crippen molar-refractivity contribution in [2.45, 2.75) is 31.4 Å². The van der Waals surface area contributed by atoms with Gasteiger partial charge in [-0.25, -0.2) is 4.79 Å². The molecule has 21 heavy (non-hydrogen) atoms. The number of thioether (sulfide) groups is 1. The van der Waals surface area contributed by atoms with Gasteiger partial charge in [-0.2, -0.15) is 0 Å². The van der Waals surface area contributed by atoms with Crippen molar-refractivity contribution in [2.75, 3.05) is 43.4 Å². The molecule has 4 nitrogen and oxygen atoms in total. The highest BCUT2D eigenvalue weighted by atomic mass is 32.2. The van der Waals surface area contributed by atoms with Crippen LogP contribution in [0, 0.1) is 0 Å². The first-order valence-electron chi connectivity index (χ1n) is 7.72. The van der Waals surface area contributed by atoms with Gasteiger partial charge in [0.1, 0.15) is 0 Å². The fourth-order valence-electron chi connectivity index (χ4n) is 2.40. The van der Waals surface area contributed by atoms with Crippen molar-refractivity contribution in [3.63, 3.8) is 0 Å². The van der Waals surface area contributed by atoms with Crippen LogP contribution in [0.5, 0.6) is 0 Å². The molecule has 1 N–H and O–H groups in total. The Morgan fingerprint density at radius 3 is 2.81 bits per heavy atom. The number of urea groups is 1. The van der Waals surface area contributed by atoms with Crippen molar-refractivity contribution in [1.82, 2.24) is 10.2 Å². The molecule has 1 aliphatic rings. The van der Waals surface area contributed by atoms with Gasteiger partial charge in [-0.15, -0.1) is 23.1 Å². The second kappa shape index (κ2) is 8.06. The van der Waals surface area contributed by atoms with Gasteiger partial charge in [-0.3, -0.25) is 4.90 Å². The van der Waals surface area contributed by atoms with Crippen molar-refractivity contribution in [3.8, 4) is 0 Å². The van der Waals surface area contributed by atoms with Crippen LogP contribution < -0.4 is 10.2 Å². The van der Waals surface area contributed by atoms with E-state index in [9.17, 15) is 4.79 Å². The zero-order chi connectivity index (χ0) is 15.2. The number of carbonyl (C=O) groups excluding carboxylic acids is 1. The van der Waals surface area contributed by atoms with Crippen molar-refractivity contribution < 1.29 is 4.79 Å². The minimum atomic E-state index is 0.0455. The van der Waals surface area contributed by atoms with Gasteiger partial charge in [0.25, 0.3) is 0 Å². The first kappa shape index (κ1) is 16.6. The van der Waals surface area contributed by atoms with E-state index in [-0.39, 0.29) is 6.03 Å². The van der Waals surface area contributed by atoms with Crippen LogP contribution in [0.3, 0.4) is 0 Å². The van der Waals surface area contributed by atoms with Crippen LogP contribution in [0.4, 0.5) is 10.5 Å². The number of likely N-dealkylation sites (N-methyl/N-ethyl adjacent to an activating group) is 1. The summed E-state index contributed by atoms with van der Waals surface area (Å²) in [5.41, 5.74) is 1.11. The summed E-state index contributed by atoms with van der Waals surface area (Å²) in [5, 5.41) is 3.06. The lowest BCUT2D eigenvalue weighted by molar-refractivity contribution is 0.242. The summed E-state index contributed by atoms with van der Waals surface area (Å²) in [5.74, 6) is 0.986. The Labute approximate surface area is 135 Å². The molecule has 0 atom stereocenters. The molecule has 2 rings (SSSR count). The lowest BCUT2D eigenvalue weighted by Crippen LogP contribution is -2.45. The van der Waals surface area contributed by atoms with Crippen molar-refractivity contribution in [2.24, 2.45) is 0 Å². The fourth-order valence-corrected chi connectivity index (χ4v) is 4.81. The smallest absolute Gasteiger partial charge is 0.322 e. The molecule has 0 unspecified atom stereocenters. The summed E-state index contributed by atoms with van der Waals surface area (Å²) in [6, 6.07) is 2.22. The van der Waals surface area contributed by atoms with Gasteiger partial charge in [0.05, 0.1) is 9.90 Å². The highest BCUT2D eigenvalue weighted by Gasteiger charge is 2.25. The van der Waals surface area contributed by atoms with Crippen LogP contribution in [0.2, 0.25) is 0 Å². The van der Waals surface area contributed by atoms with E-state index in [0.29, 0.717) is 6.54 Å². The first-order valence-corrected chi connectivity index (χ1v) is 9.53. The van der Waals surface area contributed by atoms with Crippen LogP contribution in [0.1, 0.15) is 25.6 Å². The summed E-state index contributed by atoms with van der Waals surface area (Å²) in [6.07, 6.45) is 1.04. The van der Waals surface area contributed by atoms with E-state index in [4.69, 9.17) is 0 Å². The van der Waals surface area contributed by atoms with E-state index in [2.05, 4.69) is 37.1 Å². The van der Waals surface area contributed by atoms with Gasteiger partial charge in [-0.1, -0.05) is 20.8 Å². The Bertz CT molecular complexity index is 471. The second-order valence-corrected chi connectivity index (χ2v) is 7.50. The van der Waals surface area contributed by atoms with Crippen LogP contribution in [-0.2, 0) is 6.42 Å². The molecule has 1 aromatic rings. The maximum absolute atomic E-state index is 12.4. The number of hydrogen-bond donors (Lipinski definition) is 1. The quantitative estimate of drug-likeness (QED) is 0.871. The maximum Gasteiger partial charge on any atom is 0.322 e. The lowest BCUT2D eigenvalue weighted by atomic mass is 10.3. The van der Waals surface area contributed by atoms with Gasteiger partial charge in [0.2, 0.25) is 0 Å². The molecule has 2 amide bonds. The highest BCUT2D eigenvalue weighted by molar-refractivity contribution is 8.01. The molecular weight excluding hydrogens is 302 g/mol. The number of fused-ring (bicyclic) bond motifs is 1. The summed E-state index contributed by atoms with van der Waals surface area (Å²) < 4.78 is 1.29. The third-order valence-electron chi connectivity index (χ3n) is 3.76. The number of carbonyl (C=O) groups is 1. The topological polar surface area (TPSA) is 35.6 Å². The van der Waals surface area contributed by atoms with Crippen molar-refractivity contribution in [3.05, 3.63) is 10.9 Å². The molecule has 0 spiro atoms. The van der Waals surface area contributed by atoms with Crippen LogP contribution >= 0.6 is 23.1 Å². The van der Waals surface area contributed by atoms with Crippen LogP contribution in [-0.4, -0.2) is 49.4 Å². The summed E-state index contributed by atoms with van der Waals surface area (Å²) in [6.45, 7) is 10.9. The molecule has 1 aromatic heterocycles. The van der Waals surface area contributed by atoms with Gasteiger partial charge < -0.3 is 10.2 Å². The van der Waals surface area contributed by atoms with E-state index in [1.807, 2.05) is 28.0 Å². The Morgan fingerprint density at radius 2 is 2.14 bits per heavy atom.